The molecule has 0 saturated carbocycles. The Morgan fingerprint density at radius 2 is 2.14 bits per heavy atom. The van der Waals surface area contributed by atoms with Crippen LogP contribution in [0.1, 0.15) is 11.1 Å². The van der Waals surface area contributed by atoms with E-state index in [1.165, 1.54) is 16.7 Å². The molecule has 0 N–H and O–H groups in total. The fraction of sp³-hybridized carbons (Fsp3) is 0.143. The predicted octanol–water partition coefficient (Wildman–Crippen LogP) is 3.84. The van der Waals surface area contributed by atoms with Crippen molar-refractivity contribution in [2.24, 2.45) is 0 Å². The predicted molar refractivity (Wildman–Crippen MR) is 63.4 cm³/mol. The van der Waals surface area contributed by atoms with E-state index in [2.05, 4.69) is 44.3 Å². The first-order chi connectivity index (χ1) is 6.76. The van der Waals surface area contributed by atoms with Crippen molar-refractivity contribution >= 4 is 0 Å². The first-order valence-electron chi connectivity index (χ1n) is 4.76. The summed E-state index contributed by atoms with van der Waals surface area (Å²) in [5, 5.41) is 0. The van der Waals surface area contributed by atoms with Gasteiger partial charge < -0.3 is 0 Å². The van der Waals surface area contributed by atoms with Crippen LogP contribution in [0.2, 0.25) is 0 Å². The number of allylic oxidation sites excluding steroid dienone is 4. The van der Waals surface area contributed by atoms with Crippen molar-refractivity contribution < 1.29 is 0 Å². The molecule has 0 bridgehead atoms. The van der Waals surface area contributed by atoms with E-state index < -0.39 is 0 Å². The van der Waals surface area contributed by atoms with Gasteiger partial charge in [0.1, 0.15) is 0 Å². The molecule has 0 amide bonds. The van der Waals surface area contributed by atoms with Crippen molar-refractivity contribution in [3.63, 3.8) is 0 Å². The lowest BCUT2D eigenvalue weighted by Crippen LogP contribution is -1.87. The zero-order valence-corrected chi connectivity index (χ0v) is 8.66. The topological polar surface area (TPSA) is 0 Å². The summed E-state index contributed by atoms with van der Waals surface area (Å²) in [7, 11) is 0. The van der Waals surface area contributed by atoms with Gasteiger partial charge in [-0.05, 0) is 24.5 Å². The molecule has 0 nitrogen and oxygen atoms in total. The van der Waals surface area contributed by atoms with Crippen molar-refractivity contribution in [1.82, 2.24) is 0 Å². The van der Waals surface area contributed by atoms with Crippen LogP contribution in [0.25, 0.3) is 0 Å². The van der Waals surface area contributed by atoms with Crippen LogP contribution < -0.4 is 0 Å². The molecule has 1 aromatic carbocycles. The Bertz CT molecular complexity index is 356. The van der Waals surface area contributed by atoms with Gasteiger partial charge in [0.2, 0.25) is 0 Å². The standard InChI is InChI=1S/C14H16/c1-4-7-13(5-2)11-14-9-6-8-12(3)10-14/h4-10H,1-2,11H2,3H3/b13-7+. The van der Waals surface area contributed by atoms with Crippen molar-refractivity contribution in [3.8, 4) is 0 Å². The molecule has 1 aromatic rings. The van der Waals surface area contributed by atoms with Crippen molar-refractivity contribution in [2.45, 2.75) is 13.3 Å². The highest BCUT2D eigenvalue weighted by atomic mass is 14.0. The highest BCUT2D eigenvalue weighted by Crippen LogP contribution is 2.10. The van der Waals surface area contributed by atoms with Crippen LogP contribution in [-0.2, 0) is 6.42 Å². The number of hydrogen-bond acceptors (Lipinski definition) is 0. The zero-order chi connectivity index (χ0) is 10.4. The SMILES string of the molecule is C=C/C=C(\C=C)Cc1cccc(C)c1. The summed E-state index contributed by atoms with van der Waals surface area (Å²) in [5.41, 5.74) is 3.81. The van der Waals surface area contributed by atoms with E-state index in [-0.39, 0.29) is 0 Å². The van der Waals surface area contributed by atoms with Crippen LogP contribution in [-0.4, -0.2) is 0 Å². The molecule has 14 heavy (non-hydrogen) atoms. The summed E-state index contributed by atoms with van der Waals surface area (Å²) in [5.74, 6) is 0. The van der Waals surface area contributed by atoms with E-state index in [0.717, 1.165) is 6.42 Å². The fourth-order valence-corrected chi connectivity index (χ4v) is 1.41. The Morgan fingerprint density at radius 3 is 2.71 bits per heavy atom. The average Bonchev–Trinajstić information content (AvgIpc) is 2.17. The van der Waals surface area contributed by atoms with Gasteiger partial charge in [0, 0.05) is 0 Å². The second-order valence-electron chi connectivity index (χ2n) is 3.35. The van der Waals surface area contributed by atoms with Crippen LogP contribution >= 0.6 is 0 Å². The first kappa shape index (κ1) is 10.5. The van der Waals surface area contributed by atoms with E-state index in [9.17, 15) is 0 Å². The normalized spacial score (nSPS) is 11.1. The van der Waals surface area contributed by atoms with Crippen LogP contribution in [0, 0.1) is 6.92 Å². The molecule has 72 valence electrons. The summed E-state index contributed by atoms with van der Waals surface area (Å²) in [6.07, 6.45) is 6.60. The van der Waals surface area contributed by atoms with Crippen molar-refractivity contribution in [3.05, 3.63) is 72.4 Å². The quantitative estimate of drug-likeness (QED) is 0.624. The Hall–Kier alpha value is -1.56. The van der Waals surface area contributed by atoms with Gasteiger partial charge in [-0.25, -0.2) is 0 Å². The smallest absolute Gasteiger partial charge is 0.00259 e. The van der Waals surface area contributed by atoms with Gasteiger partial charge in [0.25, 0.3) is 0 Å². The molecule has 0 radical (unpaired) electrons. The highest BCUT2D eigenvalue weighted by Gasteiger charge is 1.95. The maximum absolute atomic E-state index is 3.78. The Labute approximate surface area is 86.3 Å². The summed E-state index contributed by atoms with van der Waals surface area (Å²) in [6.45, 7) is 9.57. The molecule has 0 heterocycles. The van der Waals surface area contributed by atoms with Gasteiger partial charge in [-0.15, -0.1) is 0 Å². The third-order valence-corrected chi connectivity index (χ3v) is 2.08. The molecular weight excluding hydrogens is 168 g/mol. The van der Waals surface area contributed by atoms with Crippen molar-refractivity contribution in [1.29, 1.82) is 0 Å². The Morgan fingerprint density at radius 1 is 1.36 bits per heavy atom. The molecule has 0 spiro atoms. The molecule has 0 heteroatoms. The van der Waals surface area contributed by atoms with E-state index in [0.29, 0.717) is 0 Å². The van der Waals surface area contributed by atoms with Gasteiger partial charge in [0.05, 0.1) is 0 Å². The maximum Gasteiger partial charge on any atom is -0.00259 e. The molecule has 0 aliphatic rings. The largest absolute Gasteiger partial charge is 0.0991 e. The molecule has 0 aliphatic carbocycles. The second kappa shape index (κ2) is 5.23. The zero-order valence-electron chi connectivity index (χ0n) is 8.66. The van der Waals surface area contributed by atoms with E-state index in [4.69, 9.17) is 0 Å². The monoisotopic (exact) mass is 184 g/mol. The average molecular weight is 184 g/mol. The summed E-state index contributed by atoms with van der Waals surface area (Å²) in [6, 6.07) is 8.52. The summed E-state index contributed by atoms with van der Waals surface area (Å²) in [4.78, 5) is 0. The molecule has 0 atom stereocenters. The third-order valence-electron chi connectivity index (χ3n) is 2.08. The minimum Gasteiger partial charge on any atom is -0.0991 e. The highest BCUT2D eigenvalue weighted by molar-refractivity contribution is 5.31. The number of benzene rings is 1. The molecule has 0 aliphatic heterocycles. The fourth-order valence-electron chi connectivity index (χ4n) is 1.41. The van der Waals surface area contributed by atoms with E-state index >= 15 is 0 Å². The van der Waals surface area contributed by atoms with E-state index in [1.807, 2.05) is 12.2 Å². The first-order valence-corrected chi connectivity index (χ1v) is 4.76. The van der Waals surface area contributed by atoms with Gasteiger partial charge >= 0.3 is 0 Å². The third kappa shape index (κ3) is 3.06. The van der Waals surface area contributed by atoms with Crippen LogP contribution in [0.15, 0.2) is 61.2 Å². The lowest BCUT2D eigenvalue weighted by molar-refractivity contribution is 1.19. The summed E-state index contributed by atoms with van der Waals surface area (Å²) >= 11 is 0. The minimum atomic E-state index is 0.928. The summed E-state index contributed by atoms with van der Waals surface area (Å²) < 4.78 is 0. The molecule has 0 unspecified atom stereocenters. The van der Waals surface area contributed by atoms with Crippen LogP contribution in [0.4, 0.5) is 0 Å². The molecular formula is C14H16. The number of rotatable bonds is 4. The van der Waals surface area contributed by atoms with Gasteiger partial charge in [0.15, 0.2) is 0 Å². The van der Waals surface area contributed by atoms with E-state index in [1.54, 1.807) is 6.08 Å². The van der Waals surface area contributed by atoms with Gasteiger partial charge in [-0.2, -0.15) is 0 Å². The lowest BCUT2D eigenvalue weighted by atomic mass is 10.0. The van der Waals surface area contributed by atoms with Crippen LogP contribution in [0.5, 0.6) is 0 Å². The number of aryl methyl sites for hydroxylation is 1. The van der Waals surface area contributed by atoms with Crippen molar-refractivity contribution in [2.75, 3.05) is 0 Å². The Kier molecular flexibility index (Phi) is 3.93. The van der Waals surface area contributed by atoms with Crippen LogP contribution in [0.3, 0.4) is 0 Å². The minimum absolute atomic E-state index is 0.928. The second-order valence-corrected chi connectivity index (χ2v) is 3.35. The maximum atomic E-state index is 3.78. The molecule has 1 rings (SSSR count). The Balaban J connectivity index is 2.82. The van der Waals surface area contributed by atoms with Gasteiger partial charge in [-0.1, -0.05) is 61.2 Å². The number of hydrogen-bond donors (Lipinski definition) is 0. The molecule has 0 aromatic heterocycles. The van der Waals surface area contributed by atoms with Gasteiger partial charge in [-0.3, -0.25) is 0 Å². The molecule has 0 saturated heterocycles. The lowest BCUT2D eigenvalue weighted by Gasteiger charge is -2.02. The molecule has 0 fully saturated rings.